The van der Waals surface area contributed by atoms with Gasteiger partial charge in [-0.3, -0.25) is 14.3 Å². The summed E-state index contributed by atoms with van der Waals surface area (Å²) in [6.45, 7) is 4.34. The van der Waals surface area contributed by atoms with Crippen LogP contribution in [0.4, 0.5) is 5.82 Å². The van der Waals surface area contributed by atoms with Crippen molar-refractivity contribution >= 4 is 41.0 Å². The lowest BCUT2D eigenvalue weighted by atomic mass is 9.99. The molecule has 0 saturated heterocycles. The molecular weight excluding hydrogens is 517 g/mol. The second kappa shape index (κ2) is 12.6. The monoisotopic (exact) mass is 551 g/mol. The first-order valence-corrected chi connectivity index (χ1v) is 15.2. The second-order valence-corrected chi connectivity index (χ2v) is 12.4. The van der Waals surface area contributed by atoms with Crippen LogP contribution in [-0.4, -0.2) is 58.6 Å². The summed E-state index contributed by atoms with van der Waals surface area (Å²) >= 11 is 0. The zero-order valence-electron chi connectivity index (χ0n) is 22.2. The molecule has 0 bridgehead atoms. The normalized spacial score (nSPS) is 13.0. The molecule has 0 aliphatic carbocycles. The van der Waals surface area contributed by atoms with Crippen LogP contribution in [0, 0.1) is 6.92 Å². The van der Waals surface area contributed by atoms with Crippen molar-refractivity contribution in [1.82, 2.24) is 9.97 Å². The first-order chi connectivity index (χ1) is 18.6. The minimum absolute atomic E-state index is 0.0661. The Hall–Kier alpha value is -3.52. The Morgan fingerprint density at radius 2 is 1.82 bits per heavy atom. The summed E-state index contributed by atoms with van der Waals surface area (Å²) in [5.41, 5.74) is 11.9. The highest BCUT2D eigenvalue weighted by molar-refractivity contribution is 7.57. The predicted octanol–water partition coefficient (Wildman–Crippen LogP) is 4.77. The van der Waals surface area contributed by atoms with Crippen LogP contribution in [0.5, 0.6) is 5.75 Å². The molecule has 0 saturated carbocycles. The Labute approximate surface area is 227 Å². The Morgan fingerprint density at radius 1 is 1.00 bits per heavy atom. The maximum atomic E-state index is 11.3. The van der Waals surface area contributed by atoms with Gasteiger partial charge in [0.05, 0.1) is 18.7 Å². The molecule has 4 N–H and O–H groups in total. The smallest absolute Gasteiger partial charge is 0.303 e. The van der Waals surface area contributed by atoms with Gasteiger partial charge in [0.25, 0.3) is 0 Å². The van der Waals surface area contributed by atoms with E-state index >= 15 is 0 Å². The number of aromatic nitrogens is 2. The fraction of sp³-hybridized carbons (Fsp3) is 0.345. The number of nitrogens with zero attached hydrogens (tertiary/aromatic N) is 2. The van der Waals surface area contributed by atoms with Crippen molar-refractivity contribution < 1.29 is 28.8 Å². The molecule has 0 radical (unpaired) electrons. The molecule has 1 unspecified atom stereocenters. The molecule has 0 fully saturated rings. The van der Waals surface area contributed by atoms with Gasteiger partial charge in [-0.1, -0.05) is 18.2 Å². The second-order valence-electron chi connectivity index (χ2n) is 9.81. The molecule has 39 heavy (non-hydrogen) atoms. The third kappa shape index (κ3) is 7.99. The van der Waals surface area contributed by atoms with Crippen LogP contribution in [0.1, 0.15) is 28.7 Å². The van der Waals surface area contributed by atoms with E-state index in [4.69, 9.17) is 20.3 Å². The molecule has 0 amide bonds. The number of benzene rings is 2. The number of hydrogen-bond donors (Lipinski definition) is 3. The van der Waals surface area contributed by atoms with Gasteiger partial charge in [0.15, 0.2) is 13.2 Å². The van der Waals surface area contributed by atoms with Gasteiger partial charge in [0.1, 0.15) is 17.9 Å². The first kappa shape index (κ1) is 28.5. The number of aryl methyl sites for hydroxylation is 4. The Bertz CT molecular complexity index is 1540. The summed E-state index contributed by atoms with van der Waals surface area (Å²) < 4.78 is 22.4. The number of rotatable bonds is 13. The van der Waals surface area contributed by atoms with Crippen molar-refractivity contribution in [3.05, 3.63) is 70.9 Å². The SMILES string of the molecule is Cc1cc(OCCOCCP(C)(=O)O)ccc1CCc1cnc2c(N)nc3cc(CCC(=O)O)ccc3c2c1. The summed E-state index contributed by atoms with van der Waals surface area (Å²) in [7, 11) is -3.04. The van der Waals surface area contributed by atoms with Gasteiger partial charge >= 0.3 is 5.97 Å². The van der Waals surface area contributed by atoms with Crippen LogP contribution >= 0.6 is 7.37 Å². The summed E-state index contributed by atoms with van der Waals surface area (Å²) in [4.78, 5) is 29.3. The van der Waals surface area contributed by atoms with E-state index < -0.39 is 13.3 Å². The molecule has 0 spiro atoms. The molecule has 9 nitrogen and oxygen atoms in total. The quantitative estimate of drug-likeness (QED) is 0.121. The van der Waals surface area contributed by atoms with Crippen molar-refractivity contribution in [2.75, 3.05) is 38.4 Å². The van der Waals surface area contributed by atoms with Gasteiger partial charge in [-0.2, -0.15) is 0 Å². The molecule has 0 aliphatic heterocycles. The Morgan fingerprint density at radius 3 is 2.56 bits per heavy atom. The van der Waals surface area contributed by atoms with Gasteiger partial charge in [0, 0.05) is 36.2 Å². The molecule has 4 rings (SSSR count). The zero-order valence-corrected chi connectivity index (χ0v) is 23.1. The van der Waals surface area contributed by atoms with Gasteiger partial charge in [-0.15, -0.1) is 0 Å². The Balaban J connectivity index is 1.40. The lowest BCUT2D eigenvalue weighted by Crippen LogP contribution is -2.09. The number of hydrogen-bond acceptors (Lipinski definition) is 7. The van der Waals surface area contributed by atoms with Crippen molar-refractivity contribution in [3.8, 4) is 5.75 Å². The molecule has 2 heterocycles. The molecule has 1 atom stereocenters. The highest BCUT2D eigenvalue weighted by atomic mass is 31.2. The van der Waals surface area contributed by atoms with E-state index in [1.807, 2.05) is 36.5 Å². The number of carboxylic acid groups (broad SMARTS) is 1. The third-order valence-corrected chi connectivity index (χ3v) is 7.56. The first-order valence-electron chi connectivity index (χ1n) is 12.9. The van der Waals surface area contributed by atoms with Crippen molar-refractivity contribution in [2.45, 2.75) is 32.6 Å². The number of carboxylic acids is 1. The molecule has 206 valence electrons. The van der Waals surface area contributed by atoms with Crippen molar-refractivity contribution in [2.24, 2.45) is 0 Å². The van der Waals surface area contributed by atoms with E-state index in [9.17, 15) is 14.3 Å². The number of fused-ring (bicyclic) bond motifs is 3. The van der Waals surface area contributed by atoms with E-state index in [2.05, 4.69) is 29.0 Å². The minimum atomic E-state index is -3.04. The fourth-order valence-corrected chi connectivity index (χ4v) is 4.88. The zero-order chi connectivity index (χ0) is 28.0. The minimum Gasteiger partial charge on any atom is -0.491 e. The maximum Gasteiger partial charge on any atom is 0.303 e. The van der Waals surface area contributed by atoms with Crippen molar-refractivity contribution in [1.29, 1.82) is 0 Å². The van der Waals surface area contributed by atoms with E-state index in [1.165, 1.54) is 12.2 Å². The van der Waals surface area contributed by atoms with Crippen LogP contribution in [-0.2, 0) is 33.4 Å². The lowest BCUT2D eigenvalue weighted by molar-refractivity contribution is -0.136. The summed E-state index contributed by atoms with van der Waals surface area (Å²) in [5, 5.41) is 10.9. The van der Waals surface area contributed by atoms with Gasteiger partial charge in [-0.25, -0.2) is 4.98 Å². The number of nitrogens with two attached hydrogens (primary N) is 1. The van der Waals surface area contributed by atoms with Crippen LogP contribution in [0.15, 0.2) is 48.7 Å². The number of ether oxygens (including phenoxy) is 2. The standard InChI is InChI=1S/C29H34N3O6P/c1-19-15-23(38-12-11-37-13-14-39(2,35)36)8-7-22(19)6-3-21-16-25-24-9-4-20(5-10-27(33)34)17-26(24)32-29(30)28(25)31-18-21/h4,7-9,15-18H,3,5-6,10-14H2,1-2H3,(H2,30,32)(H,33,34)(H,35,36). The van der Waals surface area contributed by atoms with E-state index in [0.29, 0.717) is 31.0 Å². The van der Waals surface area contributed by atoms with E-state index in [0.717, 1.165) is 51.6 Å². The topological polar surface area (TPSA) is 145 Å². The average molecular weight is 552 g/mol. The fourth-order valence-electron chi connectivity index (χ4n) is 4.41. The summed E-state index contributed by atoms with van der Waals surface area (Å²) in [6, 6.07) is 13.9. The number of nitrogen functional groups attached to an aromatic ring is 1. The summed E-state index contributed by atoms with van der Waals surface area (Å²) in [6.07, 6.45) is 4.12. The van der Waals surface area contributed by atoms with E-state index in [-0.39, 0.29) is 19.2 Å². The molecular formula is C29H34N3O6P. The van der Waals surface area contributed by atoms with E-state index in [1.54, 1.807) is 0 Å². The average Bonchev–Trinajstić information content (AvgIpc) is 2.88. The highest BCUT2D eigenvalue weighted by Gasteiger charge is 2.11. The maximum absolute atomic E-state index is 11.3. The predicted molar refractivity (Wildman–Crippen MR) is 153 cm³/mol. The van der Waals surface area contributed by atoms with Gasteiger partial charge in [-0.05, 0) is 72.7 Å². The number of anilines is 1. The molecule has 2 aromatic heterocycles. The van der Waals surface area contributed by atoms with Crippen LogP contribution in [0.2, 0.25) is 0 Å². The van der Waals surface area contributed by atoms with Crippen LogP contribution in [0.25, 0.3) is 21.8 Å². The van der Waals surface area contributed by atoms with Crippen LogP contribution < -0.4 is 10.5 Å². The number of aliphatic carboxylic acids is 1. The lowest BCUT2D eigenvalue weighted by Gasteiger charge is -2.12. The number of pyridine rings is 2. The van der Waals surface area contributed by atoms with Gasteiger partial charge < -0.3 is 25.2 Å². The van der Waals surface area contributed by atoms with Crippen molar-refractivity contribution in [3.63, 3.8) is 0 Å². The highest BCUT2D eigenvalue weighted by Crippen LogP contribution is 2.34. The van der Waals surface area contributed by atoms with Crippen LogP contribution in [0.3, 0.4) is 0 Å². The Kier molecular flexibility index (Phi) is 9.17. The number of carbonyl (C=O) groups is 1. The summed E-state index contributed by atoms with van der Waals surface area (Å²) in [5.74, 6) is 0.283. The molecule has 4 aromatic rings. The largest absolute Gasteiger partial charge is 0.491 e. The molecule has 0 aliphatic rings. The van der Waals surface area contributed by atoms with Gasteiger partial charge in [0.2, 0.25) is 0 Å². The molecule has 10 heteroatoms. The molecule has 2 aromatic carbocycles. The third-order valence-electron chi connectivity index (χ3n) is 6.55.